The lowest BCUT2D eigenvalue weighted by molar-refractivity contribution is -0.217. The molecule has 232 valence electrons. The van der Waals surface area contributed by atoms with Crippen LogP contribution in [0.4, 0.5) is 0 Å². The topological polar surface area (TPSA) is 62.2 Å². The Hall–Kier alpha value is -1.98. The molecule has 1 aromatic carbocycles. The Kier molecular flexibility index (Phi) is 6.92. The molecule has 43 heavy (non-hydrogen) atoms. The van der Waals surface area contributed by atoms with Crippen LogP contribution in [0, 0.1) is 52.3 Å². The normalized spacial score (nSPS) is 41.4. The molecule has 0 spiro atoms. The van der Waals surface area contributed by atoms with Crippen LogP contribution in [0.1, 0.15) is 125 Å². The van der Waals surface area contributed by atoms with Gasteiger partial charge in [0.15, 0.2) is 0 Å². The molecule has 4 fully saturated rings. The SMILES string of the molecule is Cc1nc(CNC23CCCC2C2CCC4C5(C)CC=C(c6ccc(C(=O)O)cc6)C(C)(C)C5CCC4(C)[C@]2(C)CC3)cs1. The van der Waals surface area contributed by atoms with Gasteiger partial charge in [0, 0.05) is 17.5 Å². The predicted octanol–water partition coefficient (Wildman–Crippen LogP) is 9.54. The molecule has 5 heteroatoms. The van der Waals surface area contributed by atoms with E-state index in [1.165, 1.54) is 79.6 Å². The summed E-state index contributed by atoms with van der Waals surface area (Å²) < 4.78 is 0. The van der Waals surface area contributed by atoms with Crippen molar-refractivity contribution in [3.05, 3.63) is 57.6 Å². The zero-order valence-electron chi connectivity index (χ0n) is 27.3. The monoisotopic (exact) mass is 600 g/mol. The van der Waals surface area contributed by atoms with Crippen molar-refractivity contribution in [1.29, 1.82) is 0 Å². The molecule has 1 heterocycles. The third kappa shape index (κ3) is 4.22. The summed E-state index contributed by atoms with van der Waals surface area (Å²) in [4.78, 5) is 16.3. The summed E-state index contributed by atoms with van der Waals surface area (Å²) in [6, 6.07) is 7.64. The molecular formula is C38H52N2O2S. The van der Waals surface area contributed by atoms with Crippen LogP contribution in [0.3, 0.4) is 0 Å². The van der Waals surface area contributed by atoms with Crippen LogP contribution < -0.4 is 5.32 Å². The van der Waals surface area contributed by atoms with E-state index >= 15 is 0 Å². The highest BCUT2D eigenvalue weighted by molar-refractivity contribution is 7.09. The van der Waals surface area contributed by atoms with Gasteiger partial charge in [-0.05, 0) is 133 Å². The maximum absolute atomic E-state index is 11.5. The quantitative estimate of drug-likeness (QED) is 0.359. The molecule has 4 saturated carbocycles. The standard InChI is InChI=1S/C38H52N2O2S/c1-24-40-27(23-43-24)22-39-38-17-7-8-30(38)29-13-14-32-35(4)18-15-28(25-9-11-26(12-10-25)33(41)42)34(2,3)31(35)16-19-37(32,6)36(29,5)20-21-38/h9-12,15,23,29-32,39H,7-8,13-14,16-22H2,1-6H3,(H,41,42)/t29?,30?,31?,32?,35?,36-,37?,38?/m1/s1. The number of benzene rings is 1. The third-order valence-corrected chi connectivity index (χ3v) is 15.5. The second kappa shape index (κ2) is 10.0. The van der Waals surface area contributed by atoms with Gasteiger partial charge in [-0.15, -0.1) is 11.3 Å². The van der Waals surface area contributed by atoms with Crippen molar-refractivity contribution >= 4 is 22.9 Å². The number of hydrogen-bond donors (Lipinski definition) is 2. The number of nitrogens with zero attached hydrogens (tertiary/aromatic N) is 1. The largest absolute Gasteiger partial charge is 0.478 e. The maximum Gasteiger partial charge on any atom is 0.335 e. The predicted molar refractivity (Wildman–Crippen MR) is 176 cm³/mol. The number of thiazole rings is 1. The fourth-order valence-electron chi connectivity index (χ4n) is 12.5. The van der Waals surface area contributed by atoms with Crippen molar-refractivity contribution in [2.45, 2.75) is 118 Å². The molecule has 7 unspecified atom stereocenters. The minimum Gasteiger partial charge on any atom is -0.478 e. The van der Waals surface area contributed by atoms with Crippen molar-refractivity contribution in [3.8, 4) is 0 Å². The molecule has 0 bridgehead atoms. The number of rotatable bonds is 5. The van der Waals surface area contributed by atoms with Gasteiger partial charge in [0.25, 0.3) is 0 Å². The Morgan fingerprint density at radius 3 is 2.40 bits per heavy atom. The summed E-state index contributed by atoms with van der Waals surface area (Å²) in [6.45, 7) is 16.1. The third-order valence-electron chi connectivity index (χ3n) is 14.7. The Morgan fingerprint density at radius 1 is 0.930 bits per heavy atom. The molecule has 5 aliphatic rings. The summed E-state index contributed by atoms with van der Waals surface area (Å²) >= 11 is 1.78. The Balaban J connectivity index is 1.17. The highest BCUT2D eigenvalue weighted by Gasteiger charge is 2.69. The molecule has 4 nitrogen and oxygen atoms in total. The average molecular weight is 601 g/mol. The lowest BCUT2D eigenvalue weighted by Gasteiger charge is -2.72. The summed E-state index contributed by atoms with van der Waals surface area (Å²) in [7, 11) is 0. The van der Waals surface area contributed by atoms with Crippen LogP contribution in [-0.4, -0.2) is 21.6 Å². The minimum atomic E-state index is -0.852. The van der Waals surface area contributed by atoms with Gasteiger partial charge in [-0.25, -0.2) is 9.78 Å². The smallest absolute Gasteiger partial charge is 0.335 e. The molecule has 0 amide bonds. The van der Waals surface area contributed by atoms with Crippen molar-refractivity contribution in [3.63, 3.8) is 0 Å². The molecule has 1 aromatic heterocycles. The van der Waals surface area contributed by atoms with Gasteiger partial charge in [0.1, 0.15) is 0 Å². The zero-order chi connectivity index (χ0) is 30.4. The van der Waals surface area contributed by atoms with E-state index in [9.17, 15) is 9.90 Å². The highest BCUT2D eigenvalue weighted by Crippen LogP contribution is 2.76. The Bertz CT molecular complexity index is 1440. The summed E-state index contributed by atoms with van der Waals surface area (Å²) in [6.07, 6.45) is 15.8. The molecule has 0 saturated heterocycles. The number of aromatic carboxylic acids is 1. The fraction of sp³-hybridized carbons (Fsp3) is 0.684. The lowest BCUT2D eigenvalue weighted by Crippen LogP contribution is -2.67. The molecule has 7 rings (SSSR count). The Labute approximate surface area is 263 Å². The van der Waals surface area contributed by atoms with Gasteiger partial charge in [-0.3, -0.25) is 0 Å². The van der Waals surface area contributed by atoms with Crippen LogP contribution >= 0.6 is 11.3 Å². The van der Waals surface area contributed by atoms with Crippen molar-refractivity contribution in [2.75, 3.05) is 0 Å². The average Bonchev–Trinajstić information content (AvgIpc) is 3.58. The number of carboxylic acids is 1. The molecule has 2 N–H and O–H groups in total. The van der Waals surface area contributed by atoms with Crippen molar-refractivity contribution in [1.82, 2.24) is 10.3 Å². The van der Waals surface area contributed by atoms with Gasteiger partial charge in [0.2, 0.25) is 0 Å². The molecule has 0 aliphatic heterocycles. The van der Waals surface area contributed by atoms with E-state index in [1.807, 2.05) is 12.1 Å². The van der Waals surface area contributed by atoms with Crippen LogP contribution in [0.2, 0.25) is 0 Å². The molecule has 5 aliphatic carbocycles. The summed E-state index contributed by atoms with van der Waals surface area (Å²) in [5.41, 5.74) is 5.62. The van der Waals surface area contributed by atoms with E-state index < -0.39 is 5.97 Å². The molecule has 8 atom stereocenters. The first-order valence-electron chi connectivity index (χ1n) is 17.0. The van der Waals surface area contributed by atoms with Crippen LogP contribution in [0.15, 0.2) is 35.7 Å². The second-order valence-electron chi connectivity index (χ2n) is 16.5. The highest BCUT2D eigenvalue weighted by atomic mass is 32.1. The minimum absolute atomic E-state index is 0.0575. The van der Waals surface area contributed by atoms with Crippen LogP contribution in [-0.2, 0) is 6.54 Å². The van der Waals surface area contributed by atoms with E-state index in [2.05, 4.69) is 58.3 Å². The van der Waals surface area contributed by atoms with E-state index in [1.54, 1.807) is 23.5 Å². The molecule has 2 aromatic rings. The van der Waals surface area contributed by atoms with E-state index in [0.717, 1.165) is 30.7 Å². The first-order chi connectivity index (χ1) is 20.3. The number of aryl methyl sites for hydroxylation is 1. The fourth-order valence-corrected chi connectivity index (χ4v) is 13.1. The first-order valence-corrected chi connectivity index (χ1v) is 17.9. The number of carbonyl (C=O) groups is 1. The number of hydrogen-bond acceptors (Lipinski definition) is 4. The van der Waals surface area contributed by atoms with Crippen molar-refractivity contribution < 1.29 is 9.90 Å². The number of nitrogens with one attached hydrogen (secondary N) is 1. The summed E-state index contributed by atoms with van der Waals surface area (Å²) in [5.74, 6) is 2.12. The second-order valence-corrected chi connectivity index (χ2v) is 17.5. The van der Waals surface area contributed by atoms with Crippen molar-refractivity contribution in [2.24, 2.45) is 45.3 Å². The summed E-state index contributed by atoms with van der Waals surface area (Å²) in [5, 5.41) is 17.0. The van der Waals surface area contributed by atoms with E-state index in [0.29, 0.717) is 33.3 Å². The molecular weight excluding hydrogens is 548 g/mol. The van der Waals surface area contributed by atoms with E-state index in [-0.39, 0.29) is 5.41 Å². The van der Waals surface area contributed by atoms with Gasteiger partial charge in [-0.2, -0.15) is 0 Å². The van der Waals surface area contributed by atoms with Gasteiger partial charge < -0.3 is 10.4 Å². The van der Waals surface area contributed by atoms with Crippen LogP contribution in [0.5, 0.6) is 0 Å². The van der Waals surface area contributed by atoms with Gasteiger partial charge in [0.05, 0.1) is 16.3 Å². The van der Waals surface area contributed by atoms with Gasteiger partial charge in [-0.1, -0.05) is 59.2 Å². The first kappa shape index (κ1) is 29.7. The molecule has 0 radical (unpaired) electrons. The van der Waals surface area contributed by atoms with E-state index in [4.69, 9.17) is 4.98 Å². The van der Waals surface area contributed by atoms with Crippen LogP contribution in [0.25, 0.3) is 5.57 Å². The Morgan fingerprint density at radius 2 is 1.70 bits per heavy atom. The number of allylic oxidation sites excluding steroid dienone is 2. The number of fused-ring (bicyclic) bond motifs is 7. The zero-order valence-corrected chi connectivity index (χ0v) is 28.1. The number of carboxylic acid groups (broad SMARTS) is 1. The lowest BCUT2D eigenvalue weighted by atomic mass is 9.33. The number of aromatic nitrogens is 1. The van der Waals surface area contributed by atoms with Gasteiger partial charge >= 0.3 is 5.97 Å². The maximum atomic E-state index is 11.5.